The highest BCUT2D eigenvalue weighted by atomic mass is 16.1. The second-order valence-electron chi connectivity index (χ2n) is 6.18. The molecule has 0 aliphatic heterocycles. The normalized spacial score (nSPS) is 13.7. The van der Waals surface area contributed by atoms with Crippen molar-refractivity contribution in [2.24, 2.45) is 0 Å². The predicted molar refractivity (Wildman–Crippen MR) is 91.2 cm³/mol. The smallest absolute Gasteiger partial charge is 0.278 e. The first-order valence-electron chi connectivity index (χ1n) is 8.20. The van der Waals surface area contributed by atoms with Crippen molar-refractivity contribution < 1.29 is 4.79 Å². The van der Waals surface area contributed by atoms with Gasteiger partial charge in [-0.15, -0.1) is 5.10 Å². The number of rotatable bonds is 3. The monoisotopic (exact) mass is 319 g/mol. The fourth-order valence-electron chi connectivity index (χ4n) is 3.26. The number of benzene rings is 2. The number of aromatic nitrogens is 3. The van der Waals surface area contributed by atoms with Gasteiger partial charge in [-0.05, 0) is 55.0 Å². The van der Waals surface area contributed by atoms with Crippen molar-refractivity contribution in [2.75, 3.05) is 0 Å². The third-order valence-electron chi connectivity index (χ3n) is 4.59. The van der Waals surface area contributed by atoms with Crippen LogP contribution in [0.15, 0.2) is 47.3 Å². The van der Waals surface area contributed by atoms with E-state index in [4.69, 9.17) is 0 Å². The van der Waals surface area contributed by atoms with Gasteiger partial charge in [-0.3, -0.25) is 9.59 Å². The Balaban J connectivity index is 1.65. The van der Waals surface area contributed by atoms with E-state index >= 15 is 0 Å². The molecule has 0 bridgehead atoms. The molecule has 2 aromatic carbocycles. The van der Waals surface area contributed by atoms with Crippen molar-refractivity contribution in [1.82, 2.24) is 15.0 Å². The van der Waals surface area contributed by atoms with Crippen LogP contribution in [0.25, 0.3) is 10.9 Å². The average Bonchev–Trinajstić information content (AvgIpc) is 2.64. The zero-order valence-corrected chi connectivity index (χ0v) is 13.2. The maximum atomic E-state index is 12.6. The highest BCUT2D eigenvalue weighted by Gasteiger charge is 2.15. The molecule has 1 aliphatic rings. The van der Waals surface area contributed by atoms with Crippen LogP contribution in [0, 0.1) is 0 Å². The van der Waals surface area contributed by atoms with Crippen molar-refractivity contribution in [1.29, 1.82) is 0 Å². The lowest BCUT2D eigenvalue weighted by molar-refractivity contribution is 0.0964. The van der Waals surface area contributed by atoms with Crippen molar-refractivity contribution in [3.05, 3.63) is 69.5 Å². The van der Waals surface area contributed by atoms with Crippen LogP contribution in [0.5, 0.6) is 0 Å². The molecule has 0 spiro atoms. The molecule has 1 heterocycles. The first kappa shape index (κ1) is 14.8. The van der Waals surface area contributed by atoms with Gasteiger partial charge in [-0.25, -0.2) is 4.68 Å². The molecule has 0 saturated carbocycles. The molecule has 0 atom stereocenters. The Kier molecular flexibility index (Phi) is 3.69. The summed E-state index contributed by atoms with van der Waals surface area (Å²) in [4.78, 5) is 25.0. The van der Waals surface area contributed by atoms with Crippen molar-refractivity contribution in [2.45, 2.75) is 32.2 Å². The summed E-state index contributed by atoms with van der Waals surface area (Å²) in [6.45, 7) is -0.0878. The standard InChI is InChI=1S/C19H17N3O2/c23-18(15-10-9-13-5-1-2-6-14(13)11-15)12-22-19(24)16-7-3-4-8-17(16)20-21-22/h3-4,7-11H,1-2,5-6,12H2. The summed E-state index contributed by atoms with van der Waals surface area (Å²) in [6.07, 6.45) is 4.48. The van der Waals surface area contributed by atoms with Crippen LogP contribution in [0.2, 0.25) is 0 Å². The van der Waals surface area contributed by atoms with Crippen LogP contribution < -0.4 is 5.56 Å². The van der Waals surface area contributed by atoms with E-state index in [1.165, 1.54) is 24.0 Å². The maximum Gasteiger partial charge on any atom is 0.278 e. The summed E-state index contributed by atoms with van der Waals surface area (Å²) in [6, 6.07) is 12.9. The quantitative estimate of drug-likeness (QED) is 0.696. The van der Waals surface area contributed by atoms with Gasteiger partial charge in [0.25, 0.3) is 5.56 Å². The number of hydrogen-bond donors (Lipinski definition) is 0. The fourth-order valence-corrected chi connectivity index (χ4v) is 3.26. The molecule has 120 valence electrons. The molecule has 0 N–H and O–H groups in total. The zero-order chi connectivity index (χ0) is 16.5. The van der Waals surface area contributed by atoms with E-state index in [0.717, 1.165) is 17.5 Å². The Bertz CT molecular complexity index is 991. The van der Waals surface area contributed by atoms with E-state index in [1.807, 2.05) is 18.2 Å². The number of carbonyl (C=O) groups excluding carboxylic acids is 1. The second kappa shape index (κ2) is 6.00. The summed E-state index contributed by atoms with van der Waals surface area (Å²) in [5.74, 6) is -0.116. The summed E-state index contributed by atoms with van der Waals surface area (Å²) < 4.78 is 1.14. The predicted octanol–water partition coefficient (Wildman–Crippen LogP) is 2.55. The zero-order valence-electron chi connectivity index (χ0n) is 13.2. The number of Topliss-reactive ketones (excluding diaryl/α,β-unsaturated/α-hetero) is 1. The average molecular weight is 319 g/mol. The molecule has 0 amide bonds. The molecule has 1 aliphatic carbocycles. The van der Waals surface area contributed by atoms with Crippen LogP contribution >= 0.6 is 0 Å². The van der Waals surface area contributed by atoms with Gasteiger partial charge < -0.3 is 0 Å². The molecule has 24 heavy (non-hydrogen) atoms. The summed E-state index contributed by atoms with van der Waals surface area (Å²) in [5, 5.41) is 8.39. The molecular formula is C19H17N3O2. The summed E-state index contributed by atoms with van der Waals surface area (Å²) in [5.41, 5.74) is 3.48. The van der Waals surface area contributed by atoms with Gasteiger partial charge in [0.2, 0.25) is 0 Å². The van der Waals surface area contributed by atoms with Gasteiger partial charge in [0.05, 0.1) is 5.39 Å². The molecule has 5 nitrogen and oxygen atoms in total. The lowest BCUT2D eigenvalue weighted by atomic mass is 9.90. The molecule has 0 fully saturated rings. The number of fused-ring (bicyclic) bond motifs is 2. The van der Waals surface area contributed by atoms with Crippen molar-refractivity contribution in [3.63, 3.8) is 0 Å². The minimum absolute atomic E-state index is 0.0878. The Morgan fingerprint density at radius 1 is 1.04 bits per heavy atom. The minimum atomic E-state index is -0.285. The third-order valence-corrected chi connectivity index (χ3v) is 4.59. The molecule has 4 rings (SSSR count). The Morgan fingerprint density at radius 3 is 2.71 bits per heavy atom. The minimum Gasteiger partial charge on any atom is -0.292 e. The van der Waals surface area contributed by atoms with E-state index in [0.29, 0.717) is 16.5 Å². The number of nitrogens with zero attached hydrogens (tertiary/aromatic N) is 3. The van der Waals surface area contributed by atoms with E-state index < -0.39 is 0 Å². The topological polar surface area (TPSA) is 64.8 Å². The van der Waals surface area contributed by atoms with Gasteiger partial charge in [0.1, 0.15) is 12.1 Å². The number of aryl methyl sites for hydroxylation is 2. The second-order valence-corrected chi connectivity index (χ2v) is 6.18. The van der Waals surface area contributed by atoms with E-state index in [1.54, 1.807) is 24.3 Å². The molecule has 5 heteroatoms. The number of ketones is 1. The van der Waals surface area contributed by atoms with E-state index in [-0.39, 0.29) is 17.9 Å². The first-order chi connectivity index (χ1) is 11.7. The highest BCUT2D eigenvalue weighted by Crippen LogP contribution is 2.22. The summed E-state index contributed by atoms with van der Waals surface area (Å²) in [7, 11) is 0. The molecule has 0 saturated heterocycles. The fraction of sp³-hybridized carbons (Fsp3) is 0.263. The van der Waals surface area contributed by atoms with Gasteiger partial charge in [-0.2, -0.15) is 0 Å². The van der Waals surface area contributed by atoms with Crippen LogP contribution in [-0.4, -0.2) is 20.8 Å². The molecule has 0 unspecified atom stereocenters. The van der Waals surface area contributed by atoms with E-state index in [9.17, 15) is 9.59 Å². The summed E-state index contributed by atoms with van der Waals surface area (Å²) >= 11 is 0. The van der Waals surface area contributed by atoms with Gasteiger partial charge in [-0.1, -0.05) is 29.5 Å². The Hall–Kier alpha value is -2.82. The highest BCUT2D eigenvalue weighted by molar-refractivity contribution is 5.96. The van der Waals surface area contributed by atoms with Gasteiger partial charge >= 0.3 is 0 Å². The Morgan fingerprint density at radius 2 is 1.83 bits per heavy atom. The molecule has 1 aromatic heterocycles. The first-order valence-corrected chi connectivity index (χ1v) is 8.20. The molecule has 0 radical (unpaired) electrons. The van der Waals surface area contributed by atoms with Crippen LogP contribution in [0.3, 0.4) is 0 Å². The lowest BCUT2D eigenvalue weighted by Crippen LogP contribution is -2.28. The molecule has 3 aromatic rings. The largest absolute Gasteiger partial charge is 0.292 e. The number of carbonyl (C=O) groups is 1. The van der Waals surface area contributed by atoms with Crippen molar-refractivity contribution in [3.8, 4) is 0 Å². The van der Waals surface area contributed by atoms with Crippen LogP contribution in [-0.2, 0) is 19.4 Å². The van der Waals surface area contributed by atoms with Crippen LogP contribution in [0.1, 0.15) is 34.3 Å². The van der Waals surface area contributed by atoms with Gasteiger partial charge in [0.15, 0.2) is 5.78 Å². The molecular weight excluding hydrogens is 302 g/mol. The van der Waals surface area contributed by atoms with E-state index in [2.05, 4.69) is 10.3 Å². The lowest BCUT2D eigenvalue weighted by Gasteiger charge is -2.16. The maximum absolute atomic E-state index is 12.6. The number of hydrogen-bond acceptors (Lipinski definition) is 4. The third kappa shape index (κ3) is 2.62. The van der Waals surface area contributed by atoms with Gasteiger partial charge in [0, 0.05) is 5.56 Å². The SMILES string of the molecule is O=C(Cn1nnc2ccccc2c1=O)c1ccc2c(c1)CCCC2. The van der Waals surface area contributed by atoms with Crippen LogP contribution in [0.4, 0.5) is 0 Å². The van der Waals surface area contributed by atoms with Crippen molar-refractivity contribution >= 4 is 16.7 Å². The Labute approximate surface area is 138 Å².